The third-order valence-electron chi connectivity index (χ3n) is 4.99. The molecule has 160 valence electrons. The molecule has 4 rings (SSSR count). The summed E-state index contributed by atoms with van der Waals surface area (Å²) in [6, 6.07) is 10.2. The van der Waals surface area contributed by atoms with Crippen LogP contribution in [0.2, 0.25) is 0 Å². The lowest BCUT2D eigenvalue weighted by atomic mass is 10.1. The fourth-order valence-corrected chi connectivity index (χ4v) is 3.63. The molecule has 0 saturated heterocycles. The number of nitrogens with zero attached hydrogens (tertiary/aromatic N) is 3. The number of ether oxygens (including phenoxy) is 1. The van der Waals surface area contributed by atoms with E-state index in [0.29, 0.717) is 36.2 Å². The number of fused-ring (bicyclic) bond motifs is 1. The fraction of sp³-hybridized carbons (Fsp3) is 0.429. The first-order chi connectivity index (χ1) is 14.5. The van der Waals surface area contributed by atoms with Gasteiger partial charge < -0.3 is 19.9 Å². The molecule has 1 aliphatic carbocycles. The Morgan fingerprint density at radius 1 is 1.20 bits per heavy atom. The molecule has 1 aliphatic rings. The number of H-pyrrole nitrogens is 1. The molecule has 0 bridgehead atoms. The van der Waals surface area contributed by atoms with Gasteiger partial charge in [0, 0.05) is 12.5 Å². The molecule has 1 aromatic carbocycles. The highest BCUT2D eigenvalue weighted by Gasteiger charge is 2.23. The van der Waals surface area contributed by atoms with Crippen molar-refractivity contribution >= 4 is 17.3 Å². The second-order valence-corrected chi connectivity index (χ2v) is 7.21. The summed E-state index contributed by atoms with van der Waals surface area (Å²) in [6.07, 6.45) is 3.69. The molecule has 2 heterocycles. The zero-order valence-electron chi connectivity index (χ0n) is 16.9. The summed E-state index contributed by atoms with van der Waals surface area (Å²) in [5, 5.41) is 13.9. The number of benzene rings is 1. The molecule has 9 heteroatoms. The maximum atomic E-state index is 13.0. The summed E-state index contributed by atoms with van der Waals surface area (Å²) in [5.74, 6) is 1.31. The molecule has 0 spiro atoms. The highest BCUT2D eigenvalue weighted by Crippen LogP contribution is 2.32. The number of hydrogen-bond acceptors (Lipinski definition) is 5. The number of nitrogens with one attached hydrogen (secondary N) is 1. The number of rotatable bonds is 6. The average Bonchev–Trinajstić information content (AvgIpc) is 3.39. The number of hydrogen-bond donors (Lipinski definition) is 3. The lowest BCUT2D eigenvalue weighted by Crippen LogP contribution is -2.23. The summed E-state index contributed by atoms with van der Waals surface area (Å²) >= 11 is 0. The summed E-state index contributed by atoms with van der Waals surface area (Å²) < 4.78 is 7.51. The molecule has 3 aromatic rings. The van der Waals surface area contributed by atoms with Gasteiger partial charge in [0.25, 0.3) is 5.56 Å². The average molecular weight is 414 g/mol. The molecule has 0 radical (unpaired) electrons. The van der Waals surface area contributed by atoms with Crippen molar-refractivity contribution in [2.45, 2.75) is 58.1 Å². The smallest absolute Gasteiger partial charge is 0.460 e. The Labute approximate surface area is 173 Å². The van der Waals surface area contributed by atoms with Gasteiger partial charge in [-0.2, -0.15) is 4.98 Å². The number of carbonyl (C=O) groups is 1. The lowest BCUT2D eigenvalue weighted by molar-refractivity contribution is 0.137. The molecule has 0 atom stereocenters. The Morgan fingerprint density at radius 3 is 2.50 bits per heavy atom. The first-order valence-corrected chi connectivity index (χ1v) is 10.1. The maximum Gasteiger partial charge on any atom is 0.503 e. The molecule has 1 saturated carbocycles. The van der Waals surface area contributed by atoms with Crippen LogP contribution >= 0.6 is 0 Å². The number of imidazole rings is 1. The zero-order valence-corrected chi connectivity index (χ0v) is 16.9. The Balaban J connectivity index is 0.000000589. The van der Waals surface area contributed by atoms with Crippen LogP contribution in [0.3, 0.4) is 0 Å². The molecule has 1 fully saturated rings. The lowest BCUT2D eigenvalue weighted by Gasteiger charge is -2.11. The highest BCUT2D eigenvalue weighted by atomic mass is 16.6. The summed E-state index contributed by atoms with van der Waals surface area (Å²) in [6.45, 7) is 2.99. The van der Waals surface area contributed by atoms with Gasteiger partial charge in [0.15, 0.2) is 11.2 Å². The van der Waals surface area contributed by atoms with Crippen molar-refractivity contribution in [1.29, 1.82) is 0 Å². The van der Waals surface area contributed by atoms with Crippen molar-refractivity contribution in [2.24, 2.45) is 0 Å². The van der Waals surface area contributed by atoms with Crippen molar-refractivity contribution in [3.8, 4) is 6.01 Å². The normalized spacial score (nSPS) is 13.8. The van der Waals surface area contributed by atoms with Crippen LogP contribution in [-0.4, -0.2) is 35.9 Å². The van der Waals surface area contributed by atoms with E-state index in [2.05, 4.69) is 15.0 Å². The minimum Gasteiger partial charge on any atom is -0.460 e. The van der Waals surface area contributed by atoms with E-state index in [1.54, 1.807) is 4.57 Å². The van der Waals surface area contributed by atoms with E-state index < -0.39 is 6.16 Å². The maximum absolute atomic E-state index is 13.0. The van der Waals surface area contributed by atoms with Crippen molar-refractivity contribution in [3.63, 3.8) is 0 Å². The van der Waals surface area contributed by atoms with E-state index in [1.165, 1.54) is 12.8 Å². The zero-order chi connectivity index (χ0) is 21.5. The third kappa shape index (κ3) is 5.16. The van der Waals surface area contributed by atoms with Crippen molar-refractivity contribution in [1.82, 2.24) is 19.5 Å². The Hall–Kier alpha value is -3.36. The van der Waals surface area contributed by atoms with Gasteiger partial charge in [0.1, 0.15) is 12.4 Å². The summed E-state index contributed by atoms with van der Waals surface area (Å²) in [4.78, 5) is 33.9. The first kappa shape index (κ1) is 21.4. The molecule has 0 unspecified atom stereocenters. The summed E-state index contributed by atoms with van der Waals surface area (Å²) in [7, 11) is 0. The monoisotopic (exact) mass is 414 g/mol. The predicted molar refractivity (Wildman–Crippen MR) is 111 cm³/mol. The van der Waals surface area contributed by atoms with E-state index >= 15 is 0 Å². The molecule has 9 nitrogen and oxygen atoms in total. The van der Waals surface area contributed by atoms with Crippen LogP contribution in [0.25, 0.3) is 11.2 Å². The third-order valence-corrected chi connectivity index (χ3v) is 4.99. The van der Waals surface area contributed by atoms with Crippen LogP contribution in [0, 0.1) is 0 Å². The quantitative estimate of drug-likeness (QED) is 0.556. The van der Waals surface area contributed by atoms with E-state index in [-0.39, 0.29) is 5.56 Å². The molecule has 0 amide bonds. The van der Waals surface area contributed by atoms with Crippen LogP contribution in [0.4, 0.5) is 4.79 Å². The van der Waals surface area contributed by atoms with Crippen molar-refractivity contribution in [2.75, 3.05) is 0 Å². The van der Waals surface area contributed by atoms with Gasteiger partial charge in [0.2, 0.25) is 0 Å². The Morgan fingerprint density at radius 2 is 1.87 bits per heavy atom. The van der Waals surface area contributed by atoms with Crippen LogP contribution < -0.4 is 10.3 Å². The molecule has 2 aromatic heterocycles. The molecular formula is C21H26N4O5. The van der Waals surface area contributed by atoms with E-state index in [4.69, 9.17) is 19.7 Å². The van der Waals surface area contributed by atoms with Crippen LogP contribution in [0.15, 0.2) is 35.1 Å². The van der Waals surface area contributed by atoms with Gasteiger partial charge in [-0.25, -0.2) is 9.78 Å². The fourth-order valence-electron chi connectivity index (χ4n) is 3.63. The van der Waals surface area contributed by atoms with Crippen LogP contribution in [0.1, 0.15) is 56.3 Å². The second kappa shape index (κ2) is 9.91. The SMILES string of the molecule is CCCn1c(OCc2ccccc2)nc2nc(C3CCCC3)[nH]c2c1=O.O=C(O)O. The largest absolute Gasteiger partial charge is 0.503 e. The van der Waals surface area contributed by atoms with Crippen LogP contribution in [0.5, 0.6) is 6.01 Å². The van der Waals surface area contributed by atoms with E-state index in [1.807, 2.05) is 37.3 Å². The Bertz CT molecular complexity index is 1030. The van der Waals surface area contributed by atoms with Gasteiger partial charge in [-0.05, 0) is 24.8 Å². The standard InChI is InChI=1S/C20H24N4O2.CH2O3/c1-2-12-24-19(25)16-18(22-17(21-16)15-10-6-7-11-15)23-20(24)26-13-14-8-4-3-5-9-14;2-1(3)4/h3-5,8-9,15H,2,6-7,10-13H2,1H3,(H,21,22);(H2,2,3,4). The van der Waals surface area contributed by atoms with Gasteiger partial charge in [-0.15, -0.1) is 0 Å². The predicted octanol–water partition coefficient (Wildman–Crippen LogP) is 3.99. The van der Waals surface area contributed by atoms with Gasteiger partial charge in [0.05, 0.1) is 0 Å². The van der Waals surface area contributed by atoms with Crippen molar-refractivity contribution < 1.29 is 19.7 Å². The molecule has 30 heavy (non-hydrogen) atoms. The molecule has 0 aliphatic heterocycles. The second-order valence-electron chi connectivity index (χ2n) is 7.21. The summed E-state index contributed by atoms with van der Waals surface area (Å²) in [5.41, 5.74) is 1.90. The van der Waals surface area contributed by atoms with E-state index in [9.17, 15) is 4.79 Å². The number of aromatic nitrogens is 4. The topological polar surface area (TPSA) is 130 Å². The van der Waals surface area contributed by atoms with E-state index in [0.717, 1.165) is 30.7 Å². The highest BCUT2D eigenvalue weighted by molar-refractivity contribution is 5.70. The van der Waals surface area contributed by atoms with Crippen molar-refractivity contribution in [3.05, 3.63) is 52.1 Å². The van der Waals surface area contributed by atoms with Gasteiger partial charge in [-0.3, -0.25) is 9.36 Å². The van der Waals surface area contributed by atoms with Crippen LogP contribution in [-0.2, 0) is 13.2 Å². The minimum atomic E-state index is -1.83. The number of aromatic amines is 1. The minimum absolute atomic E-state index is 0.100. The first-order valence-electron chi connectivity index (χ1n) is 10.1. The van der Waals surface area contributed by atoms with Gasteiger partial charge in [-0.1, -0.05) is 50.1 Å². The molecular weight excluding hydrogens is 388 g/mol. The Kier molecular flexibility index (Phi) is 7.05. The molecule has 3 N–H and O–H groups in total. The number of carboxylic acid groups (broad SMARTS) is 2. The van der Waals surface area contributed by atoms with Gasteiger partial charge >= 0.3 is 12.2 Å².